The molecule has 17 heavy (non-hydrogen) atoms. The average molecular weight is 375 g/mol. The van der Waals surface area contributed by atoms with E-state index in [2.05, 4.69) is 36.8 Å². The summed E-state index contributed by atoms with van der Waals surface area (Å²) in [6, 6.07) is 9.65. The van der Waals surface area contributed by atoms with Crippen molar-refractivity contribution in [2.75, 3.05) is 0 Å². The SMILES string of the molecule is OCc1ccc(Sc2ncccc2Br)c(Br)c1. The third-order valence-corrected chi connectivity index (χ3v) is 5.03. The first kappa shape index (κ1) is 13.1. The van der Waals surface area contributed by atoms with Gasteiger partial charge in [-0.25, -0.2) is 4.98 Å². The van der Waals surface area contributed by atoms with Crippen LogP contribution in [0, 0.1) is 0 Å². The number of pyridine rings is 1. The van der Waals surface area contributed by atoms with Crippen LogP contribution in [0.3, 0.4) is 0 Å². The molecular weight excluding hydrogens is 366 g/mol. The second kappa shape index (κ2) is 6.00. The molecule has 0 bridgehead atoms. The zero-order chi connectivity index (χ0) is 12.3. The summed E-state index contributed by atoms with van der Waals surface area (Å²) in [6.45, 7) is 0.0524. The molecule has 0 fully saturated rings. The minimum absolute atomic E-state index is 0.0524. The fraction of sp³-hybridized carbons (Fsp3) is 0.0833. The van der Waals surface area contributed by atoms with Crippen molar-refractivity contribution in [1.82, 2.24) is 4.98 Å². The molecule has 0 atom stereocenters. The summed E-state index contributed by atoms with van der Waals surface area (Å²) < 4.78 is 1.94. The van der Waals surface area contributed by atoms with Crippen LogP contribution >= 0.6 is 43.6 Å². The van der Waals surface area contributed by atoms with Gasteiger partial charge in [0.2, 0.25) is 0 Å². The Labute approximate surface area is 121 Å². The van der Waals surface area contributed by atoms with Crippen molar-refractivity contribution in [1.29, 1.82) is 0 Å². The summed E-state index contributed by atoms with van der Waals surface area (Å²) in [7, 11) is 0. The third kappa shape index (κ3) is 3.31. The maximum Gasteiger partial charge on any atom is 0.115 e. The number of nitrogens with zero attached hydrogens (tertiary/aromatic N) is 1. The molecular formula is C12H9Br2NOS. The third-order valence-electron chi connectivity index (χ3n) is 2.11. The maximum absolute atomic E-state index is 9.04. The molecule has 0 amide bonds. The van der Waals surface area contributed by atoms with Crippen LogP contribution < -0.4 is 0 Å². The second-order valence-corrected chi connectivity index (χ2v) is 6.05. The molecule has 1 N–H and O–H groups in total. The molecule has 1 aromatic carbocycles. The van der Waals surface area contributed by atoms with Gasteiger partial charge in [0.1, 0.15) is 5.03 Å². The highest BCUT2D eigenvalue weighted by molar-refractivity contribution is 9.11. The summed E-state index contributed by atoms with van der Waals surface area (Å²) in [6.07, 6.45) is 1.77. The van der Waals surface area contributed by atoms with E-state index in [4.69, 9.17) is 5.11 Å². The molecule has 0 radical (unpaired) electrons. The zero-order valence-corrected chi connectivity index (χ0v) is 12.7. The molecule has 1 heterocycles. The van der Waals surface area contributed by atoms with E-state index in [1.54, 1.807) is 18.0 Å². The minimum atomic E-state index is 0.0524. The first-order chi connectivity index (χ1) is 8.20. The van der Waals surface area contributed by atoms with Crippen molar-refractivity contribution < 1.29 is 5.11 Å². The lowest BCUT2D eigenvalue weighted by Gasteiger charge is -2.06. The van der Waals surface area contributed by atoms with Gasteiger partial charge in [0.25, 0.3) is 0 Å². The highest BCUT2D eigenvalue weighted by Crippen LogP contribution is 2.36. The van der Waals surface area contributed by atoms with E-state index in [-0.39, 0.29) is 6.61 Å². The average Bonchev–Trinajstić information content (AvgIpc) is 2.34. The van der Waals surface area contributed by atoms with Gasteiger partial charge < -0.3 is 5.11 Å². The van der Waals surface area contributed by atoms with E-state index in [0.29, 0.717) is 0 Å². The number of aliphatic hydroxyl groups is 1. The predicted octanol–water partition coefficient (Wildman–Crippen LogP) is 4.25. The molecule has 0 saturated heterocycles. The van der Waals surface area contributed by atoms with Crippen molar-refractivity contribution in [2.24, 2.45) is 0 Å². The van der Waals surface area contributed by atoms with Crippen molar-refractivity contribution in [3.63, 3.8) is 0 Å². The molecule has 0 aliphatic carbocycles. The molecule has 0 aliphatic rings. The number of halogens is 2. The van der Waals surface area contributed by atoms with Crippen LogP contribution in [-0.2, 0) is 6.61 Å². The van der Waals surface area contributed by atoms with E-state index in [1.165, 1.54) is 0 Å². The maximum atomic E-state index is 9.04. The number of hydrogen-bond acceptors (Lipinski definition) is 3. The van der Waals surface area contributed by atoms with Crippen molar-refractivity contribution in [3.05, 3.63) is 51.0 Å². The molecule has 2 rings (SSSR count). The van der Waals surface area contributed by atoms with Crippen molar-refractivity contribution in [2.45, 2.75) is 16.5 Å². The first-order valence-electron chi connectivity index (χ1n) is 4.88. The van der Waals surface area contributed by atoms with Gasteiger partial charge >= 0.3 is 0 Å². The predicted molar refractivity (Wildman–Crippen MR) is 76.1 cm³/mol. The summed E-state index contributed by atoms with van der Waals surface area (Å²) in [5, 5.41) is 9.96. The largest absolute Gasteiger partial charge is 0.392 e. The van der Waals surface area contributed by atoms with Gasteiger partial charge in [-0.3, -0.25) is 0 Å². The number of rotatable bonds is 3. The summed E-state index contributed by atoms with van der Waals surface area (Å²) >= 11 is 8.54. The smallest absolute Gasteiger partial charge is 0.115 e. The van der Waals surface area contributed by atoms with Crippen LogP contribution in [0.25, 0.3) is 0 Å². The van der Waals surface area contributed by atoms with Crippen LogP contribution in [0.5, 0.6) is 0 Å². The summed E-state index contributed by atoms with van der Waals surface area (Å²) in [5.41, 5.74) is 0.890. The molecule has 1 aromatic heterocycles. The van der Waals surface area contributed by atoms with Gasteiger partial charge in [-0.05, 0) is 61.7 Å². The quantitative estimate of drug-likeness (QED) is 0.871. The molecule has 2 aromatic rings. The molecule has 0 spiro atoms. The van der Waals surface area contributed by atoms with Crippen molar-refractivity contribution >= 4 is 43.6 Å². The van der Waals surface area contributed by atoms with Crippen LogP contribution in [-0.4, -0.2) is 10.1 Å². The van der Waals surface area contributed by atoms with Gasteiger partial charge in [-0.2, -0.15) is 0 Å². The Bertz CT molecular complexity index is 534. The Morgan fingerprint density at radius 1 is 1.18 bits per heavy atom. The standard InChI is InChI=1S/C12H9Br2NOS/c13-9-2-1-5-15-12(9)17-11-4-3-8(7-16)6-10(11)14/h1-6,16H,7H2. The second-order valence-electron chi connectivity index (χ2n) is 3.32. The summed E-state index contributed by atoms with van der Waals surface area (Å²) in [5.74, 6) is 0. The van der Waals surface area contributed by atoms with Crippen LogP contribution in [0.15, 0.2) is 55.4 Å². The highest BCUT2D eigenvalue weighted by atomic mass is 79.9. The number of aliphatic hydroxyl groups excluding tert-OH is 1. The summed E-state index contributed by atoms with van der Waals surface area (Å²) in [4.78, 5) is 5.37. The Balaban J connectivity index is 2.28. The van der Waals surface area contributed by atoms with Gasteiger partial charge in [-0.15, -0.1) is 0 Å². The van der Waals surface area contributed by atoms with Crippen LogP contribution in [0.4, 0.5) is 0 Å². The number of benzene rings is 1. The van der Waals surface area contributed by atoms with Gasteiger partial charge in [0, 0.05) is 15.6 Å². The fourth-order valence-corrected chi connectivity index (χ4v) is 3.22. The van der Waals surface area contributed by atoms with E-state index >= 15 is 0 Å². The normalized spacial score (nSPS) is 10.5. The zero-order valence-electron chi connectivity index (χ0n) is 8.73. The van der Waals surface area contributed by atoms with E-state index in [1.807, 2.05) is 30.3 Å². The molecule has 5 heteroatoms. The molecule has 88 valence electrons. The molecule has 2 nitrogen and oxygen atoms in total. The fourth-order valence-electron chi connectivity index (χ4n) is 1.28. The first-order valence-corrected chi connectivity index (χ1v) is 7.28. The Hall–Kier alpha value is -0.360. The van der Waals surface area contributed by atoms with E-state index in [0.717, 1.165) is 24.4 Å². The minimum Gasteiger partial charge on any atom is -0.392 e. The number of aromatic nitrogens is 1. The molecule has 0 saturated carbocycles. The van der Waals surface area contributed by atoms with Crippen molar-refractivity contribution in [3.8, 4) is 0 Å². The number of hydrogen-bond donors (Lipinski definition) is 1. The molecule has 0 unspecified atom stereocenters. The van der Waals surface area contributed by atoms with Crippen LogP contribution in [0.1, 0.15) is 5.56 Å². The van der Waals surface area contributed by atoms with Gasteiger partial charge in [-0.1, -0.05) is 17.8 Å². The monoisotopic (exact) mass is 373 g/mol. The Morgan fingerprint density at radius 3 is 2.65 bits per heavy atom. The van der Waals surface area contributed by atoms with E-state index in [9.17, 15) is 0 Å². The Kier molecular flexibility index (Phi) is 4.62. The lowest BCUT2D eigenvalue weighted by atomic mass is 10.2. The Morgan fingerprint density at radius 2 is 2.00 bits per heavy atom. The lowest BCUT2D eigenvalue weighted by Crippen LogP contribution is -1.85. The van der Waals surface area contributed by atoms with E-state index < -0.39 is 0 Å². The highest BCUT2D eigenvalue weighted by Gasteiger charge is 2.07. The topological polar surface area (TPSA) is 33.1 Å². The van der Waals surface area contributed by atoms with Crippen LogP contribution in [0.2, 0.25) is 0 Å². The van der Waals surface area contributed by atoms with Gasteiger partial charge in [0.05, 0.1) is 11.1 Å². The van der Waals surface area contributed by atoms with Gasteiger partial charge in [0.15, 0.2) is 0 Å². The lowest BCUT2D eigenvalue weighted by molar-refractivity contribution is 0.281. The molecule has 0 aliphatic heterocycles.